The highest BCUT2D eigenvalue weighted by atomic mass is 79.9. The Morgan fingerprint density at radius 2 is 2.06 bits per heavy atom. The largest absolute Gasteiger partial charge is 0.383 e. The number of rotatable bonds is 2. The van der Waals surface area contributed by atoms with Crippen LogP contribution in [0, 0.1) is 5.82 Å². The summed E-state index contributed by atoms with van der Waals surface area (Å²) in [6, 6.07) is 7.99. The fourth-order valence-electron chi connectivity index (χ4n) is 1.32. The third-order valence-corrected chi connectivity index (χ3v) is 4.05. The smallest absolute Gasteiger partial charge is 0.137 e. The lowest BCUT2D eigenvalue weighted by Crippen LogP contribution is -1.97. The monoisotopic (exact) mass is 320 g/mol. The molecule has 1 nitrogen and oxygen atoms in total. The van der Waals surface area contributed by atoms with E-state index in [1.54, 1.807) is 24.3 Å². The number of aliphatic hydroxyl groups excluding tert-OH is 1. The minimum absolute atomic E-state index is 0.382. The second-order valence-corrected chi connectivity index (χ2v) is 5.82. The lowest BCUT2D eigenvalue weighted by atomic mass is 10.1. The molecule has 0 aliphatic heterocycles. The van der Waals surface area contributed by atoms with Crippen molar-refractivity contribution in [2.24, 2.45) is 0 Å². The van der Waals surface area contributed by atoms with Crippen molar-refractivity contribution in [3.8, 4) is 0 Å². The zero-order valence-corrected chi connectivity index (χ0v) is 11.1. The minimum atomic E-state index is -0.833. The molecule has 0 amide bonds. The van der Waals surface area contributed by atoms with Crippen molar-refractivity contribution in [2.75, 3.05) is 0 Å². The lowest BCUT2D eigenvalue weighted by Gasteiger charge is -2.09. The first-order valence-corrected chi connectivity index (χ1v) is 6.45. The first kappa shape index (κ1) is 12.0. The maximum absolute atomic E-state index is 13.3. The SMILES string of the molecule is OC(c1ccc(Br)c(F)c1)c1ccc(Cl)s1. The molecule has 0 saturated heterocycles. The van der Waals surface area contributed by atoms with Crippen molar-refractivity contribution >= 4 is 38.9 Å². The summed E-state index contributed by atoms with van der Waals surface area (Å²) in [7, 11) is 0. The Kier molecular flexibility index (Phi) is 3.64. The molecule has 0 saturated carbocycles. The van der Waals surface area contributed by atoms with Crippen LogP contribution >= 0.6 is 38.9 Å². The molecule has 0 fully saturated rings. The first-order chi connectivity index (χ1) is 7.58. The Labute approximate surface area is 110 Å². The third-order valence-electron chi connectivity index (χ3n) is 2.12. The molecule has 16 heavy (non-hydrogen) atoms. The average Bonchev–Trinajstić information content (AvgIpc) is 2.68. The highest BCUT2D eigenvalue weighted by Gasteiger charge is 2.14. The Morgan fingerprint density at radius 3 is 2.62 bits per heavy atom. The van der Waals surface area contributed by atoms with Crippen molar-refractivity contribution < 1.29 is 9.50 Å². The van der Waals surface area contributed by atoms with Crippen LogP contribution in [0.25, 0.3) is 0 Å². The molecular formula is C11H7BrClFOS. The summed E-state index contributed by atoms with van der Waals surface area (Å²) in [6.45, 7) is 0. The van der Waals surface area contributed by atoms with Gasteiger partial charge in [0.25, 0.3) is 0 Å². The quantitative estimate of drug-likeness (QED) is 0.870. The number of hydrogen-bond donors (Lipinski definition) is 1. The number of aliphatic hydroxyl groups is 1. The fraction of sp³-hybridized carbons (Fsp3) is 0.0909. The van der Waals surface area contributed by atoms with Gasteiger partial charge in [-0.1, -0.05) is 17.7 Å². The van der Waals surface area contributed by atoms with Crippen LogP contribution in [-0.4, -0.2) is 5.11 Å². The van der Waals surface area contributed by atoms with Crippen LogP contribution in [-0.2, 0) is 0 Å². The molecule has 5 heteroatoms. The van der Waals surface area contributed by atoms with Gasteiger partial charge >= 0.3 is 0 Å². The van der Waals surface area contributed by atoms with Crippen LogP contribution < -0.4 is 0 Å². The van der Waals surface area contributed by atoms with Crippen LogP contribution in [0.3, 0.4) is 0 Å². The molecule has 1 aromatic carbocycles. The maximum atomic E-state index is 13.3. The third kappa shape index (κ3) is 2.46. The highest BCUT2D eigenvalue weighted by Crippen LogP contribution is 2.31. The van der Waals surface area contributed by atoms with Crippen LogP contribution in [0.1, 0.15) is 16.5 Å². The fourth-order valence-corrected chi connectivity index (χ4v) is 2.64. The second kappa shape index (κ2) is 4.84. The van der Waals surface area contributed by atoms with Crippen molar-refractivity contribution in [1.82, 2.24) is 0 Å². The molecule has 1 heterocycles. The summed E-state index contributed by atoms with van der Waals surface area (Å²) < 4.78 is 14.3. The standard InChI is InChI=1S/C11H7BrClFOS/c12-7-2-1-6(5-8(7)14)11(15)9-3-4-10(13)16-9/h1-5,11,15H. The van der Waals surface area contributed by atoms with Gasteiger partial charge in [-0.15, -0.1) is 11.3 Å². The van der Waals surface area contributed by atoms with E-state index in [1.165, 1.54) is 17.4 Å². The zero-order valence-electron chi connectivity index (χ0n) is 7.95. The van der Waals surface area contributed by atoms with Crippen LogP contribution in [0.4, 0.5) is 4.39 Å². The summed E-state index contributed by atoms with van der Waals surface area (Å²) in [5.41, 5.74) is 0.513. The van der Waals surface area contributed by atoms with Crippen molar-refractivity contribution in [2.45, 2.75) is 6.10 Å². The molecule has 1 N–H and O–H groups in total. The van der Waals surface area contributed by atoms with Gasteiger partial charge in [-0.25, -0.2) is 4.39 Å². The predicted octanol–water partition coefficient (Wildman–Crippen LogP) is 4.38. The summed E-state index contributed by atoms with van der Waals surface area (Å²) in [5.74, 6) is -0.390. The number of halogens is 3. The Hall–Kier alpha value is -0.420. The molecule has 84 valence electrons. The van der Waals surface area contributed by atoms with E-state index in [1.807, 2.05) is 0 Å². The van der Waals surface area contributed by atoms with E-state index in [4.69, 9.17) is 11.6 Å². The lowest BCUT2D eigenvalue weighted by molar-refractivity contribution is 0.223. The predicted molar refractivity (Wildman–Crippen MR) is 67.5 cm³/mol. The van der Waals surface area contributed by atoms with E-state index in [0.717, 1.165) is 0 Å². The van der Waals surface area contributed by atoms with Crippen LogP contribution in [0.5, 0.6) is 0 Å². The van der Waals surface area contributed by atoms with Crippen molar-refractivity contribution in [3.05, 3.63) is 55.4 Å². The molecule has 0 bridgehead atoms. The average molecular weight is 322 g/mol. The molecule has 0 spiro atoms. The molecular weight excluding hydrogens is 315 g/mol. The van der Waals surface area contributed by atoms with Gasteiger partial charge in [0.2, 0.25) is 0 Å². The van der Waals surface area contributed by atoms with E-state index in [9.17, 15) is 9.50 Å². The highest BCUT2D eigenvalue weighted by molar-refractivity contribution is 9.10. The van der Waals surface area contributed by atoms with E-state index in [-0.39, 0.29) is 5.82 Å². The number of benzene rings is 1. The van der Waals surface area contributed by atoms with Gasteiger partial charge in [0.15, 0.2) is 0 Å². The topological polar surface area (TPSA) is 20.2 Å². The number of thiophene rings is 1. The van der Waals surface area contributed by atoms with E-state index >= 15 is 0 Å². The van der Waals surface area contributed by atoms with Crippen LogP contribution in [0.2, 0.25) is 4.34 Å². The Morgan fingerprint density at radius 1 is 1.31 bits per heavy atom. The summed E-state index contributed by atoms with van der Waals surface area (Å²) >= 11 is 10.1. The molecule has 1 aromatic heterocycles. The molecule has 2 aromatic rings. The minimum Gasteiger partial charge on any atom is -0.383 e. The Balaban J connectivity index is 2.33. The summed E-state index contributed by atoms with van der Waals surface area (Å²) in [6.07, 6.45) is -0.833. The number of hydrogen-bond acceptors (Lipinski definition) is 2. The molecule has 0 radical (unpaired) electrons. The van der Waals surface area contributed by atoms with Crippen molar-refractivity contribution in [3.63, 3.8) is 0 Å². The maximum Gasteiger partial charge on any atom is 0.137 e. The summed E-state index contributed by atoms with van der Waals surface area (Å²) in [5, 5.41) is 9.99. The van der Waals surface area contributed by atoms with Gasteiger partial charge in [0.1, 0.15) is 11.9 Å². The van der Waals surface area contributed by atoms with Gasteiger partial charge in [0, 0.05) is 4.88 Å². The zero-order chi connectivity index (χ0) is 11.7. The van der Waals surface area contributed by atoms with Gasteiger partial charge in [-0.3, -0.25) is 0 Å². The molecule has 0 aliphatic rings. The normalized spacial score (nSPS) is 12.8. The van der Waals surface area contributed by atoms with Gasteiger partial charge in [-0.2, -0.15) is 0 Å². The van der Waals surface area contributed by atoms with Crippen molar-refractivity contribution in [1.29, 1.82) is 0 Å². The second-order valence-electron chi connectivity index (χ2n) is 3.22. The Bertz CT molecular complexity index is 514. The molecule has 0 aliphatic carbocycles. The van der Waals surface area contributed by atoms with Gasteiger partial charge in [0.05, 0.1) is 8.81 Å². The molecule has 1 atom stereocenters. The first-order valence-electron chi connectivity index (χ1n) is 4.46. The van der Waals surface area contributed by atoms with Crippen LogP contribution in [0.15, 0.2) is 34.8 Å². The van der Waals surface area contributed by atoms with Gasteiger partial charge < -0.3 is 5.11 Å². The molecule has 1 unspecified atom stereocenters. The van der Waals surface area contributed by atoms with E-state index in [0.29, 0.717) is 19.2 Å². The van der Waals surface area contributed by atoms with Gasteiger partial charge in [-0.05, 0) is 45.8 Å². The summed E-state index contributed by atoms with van der Waals surface area (Å²) in [4.78, 5) is 0.701. The van der Waals surface area contributed by atoms with E-state index in [2.05, 4.69) is 15.9 Å². The van der Waals surface area contributed by atoms with E-state index < -0.39 is 6.10 Å². The molecule has 2 rings (SSSR count).